The molecule has 2 aromatic heterocycles. The number of nitrogens with zero attached hydrogens (tertiary/aromatic N) is 6. The summed E-state index contributed by atoms with van der Waals surface area (Å²) in [5.41, 5.74) is 0.867. The molecule has 0 radical (unpaired) electrons. The fourth-order valence-electron chi connectivity index (χ4n) is 4.99. The Morgan fingerprint density at radius 1 is 1.06 bits per heavy atom. The zero-order valence-electron chi connectivity index (χ0n) is 18.1. The summed E-state index contributed by atoms with van der Waals surface area (Å²) in [6.07, 6.45) is 5.99. The molecule has 9 nitrogen and oxygen atoms in total. The van der Waals surface area contributed by atoms with E-state index < -0.39 is 0 Å². The first-order valence-electron chi connectivity index (χ1n) is 11.3. The van der Waals surface area contributed by atoms with E-state index in [1.54, 1.807) is 6.92 Å². The van der Waals surface area contributed by atoms with E-state index >= 15 is 0 Å². The highest BCUT2D eigenvalue weighted by Crippen LogP contribution is 2.36. The van der Waals surface area contributed by atoms with Gasteiger partial charge in [0.1, 0.15) is 5.82 Å². The first-order valence-corrected chi connectivity index (χ1v) is 11.3. The fraction of sp³-hybridized carbons (Fsp3) is 0.636. The molecule has 166 valence electrons. The van der Waals surface area contributed by atoms with Gasteiger partial charge >= 0.3 is 0 Å². The number of anilines is 1. The second-order valence-corrected chi connectivity index (χ2v) is 8.59. The van der Waals surface area contributed by atoms with Gasteiger partial charge in [-0.1, -0.05) is 5.16 Å². The van der Waals surface area contributed by atoms with Crippen molar-refractivity contribution in [1.82, 2.24) is 24.9 Å². The number of carbonyl (C=O) groups excluding carboxylic acids is 1. The predicted octanol–water partition coefficient (Wildman–Crippen LogP) is 2.12. The van der Waals surface area contributed by atoms with Gasteiger partial charge in [0.15, 0.2) is 0 Å². The van der Waals surface area contributed by atoms with Gasteiger partial charge in [0.05, 0.1) is 19.3 Å². The van der Waals surface area contributed by atoms with Crippen LogP contribution in [0.3, 0.4) is 0 Å². The smallest absolute Gasteiger partial charge is 0.244 e. The van der Waals surface area contributed by atoms with Crippen molar-refractivity contribution in [3.05, 3.63) is 24.2 Å². The van der Waals surface area contributed by atoms with Crippen molar-refractivity contribution in [2.75, 3.05) is 50.8 Å². The number of aromatic nitrogens is 3. The standard InChI is InChI=1S/C22H30N6O3/c1-16(29)26-9-6-18(7-10-26)28-8-2-3-19(28)22-24-21(25-31-22)17-4-5-20(23-15-17)27-11-13-30-14-12-27/h4-5,15,18-19H,2-3,6-14H2,1H3/t19-/m0/s1. The van der Waals surface area contributed by atoms with Crippen molar-refractivity contribution >= 4 is 11.7 Å². The number of pyridine rings is 1. The summed E-state index contributed by atoms with van der Waals surface area (Å²) in [4.78, 5) is 27.6. The summed E-state index contributed by atoms with van der Waals surface area (Å²) in [6, 6.07) is 4.65. The molecule has 1 atom stereocenters. The van der Waals surface area contributed by atoms with Crippen molar-refractivity contribution in [2.24, 2.45) is 0 Å². The number of ether oxygens (including phenoxy) is 1. The monoisotopic (exact) mass is 426 g/mol. The number of carbonyl (C=O) groups is 1. The van der Waals surface area contributed by atoms with Crippen molar-refractivity contribution in [1.29, 1.82) is 0 Å². The summed E-state index contributed by atoms with van der Waals surface area (Å²) >= 11 is 0. The quantitative estimate of drug-likeness (QED) is 0.735. The molecular weight excluding hydrogens is 396 g/mol. The number of hydrogen-bond donors (Lipinski definition) is 0. The minimum atomic E-state index is 0.163. The average molecular weight is 427 g/mol. The minimum absolute atomic E-state index is 0.163. The molecule has 0 unspecified atom stereocenters. The predicted molar refractivity (Wildman–Crippen MR) is 115 cm³/mol. The van der Waals surface area contributed by atoms with Gasteiger partial charge in [0.25, 0.3) is 0 Å². The van der Waals surface area contributed by atoms with Gasteiger partial charge in [-0.25, -0.2) is 4.98 Å². The van der Waals surface area contributed by atoms with Crippen molar-refractivity contribution in [2.45, 2.75) is 44.7 Å². The van der Waals surface area contributed by atoms with E-state index in [1.807, 2.05) is 23.2 Å². The molecule has 0 aromatic carbocycles. The molecule has 3 saturated heterocycles. The summed E-state index contributed by atoms with van der Waals surface area (Å²) in [5.74, 6) is 2.41. The molecule has 5 rings (SSSR count). The molecule has 31 heavy (non-hydrogen) atoms. The van der Waals surface area contributed by atoms with Crippen LogP contribution in [0.5, 0.6) is 0 Å². The van der Waals surface area contributed by atoms with E-state index in [0.717, 1.165) is 83.0 Å². The third-order valence-corrected chi connectivity index (χ3v) is 6.74. The lowest BCUT2D eigenvalue weighted by Gasteiger charge is -2.38. The SMILES string of the molecule is CC(=O)N1CCC(N2CCC[C@H]2c2nc(-c3ccc(N4CCOCC4)nc3)no2)CC1. The highest BCUT2D eigenvalue weighted by atomic mass is 16.5. The molecule has 3 aliphatic heterocycles. The molecule has 9 heteroatoms. The second-order valence-electron chi connectivity index (χ2n) is 8.59. The van der Waals surface area contributed by atoms with Crippen LogP contribution >= 0.6 is 0 Å². The number of likely N-dealkylation sites (tertiary alicyclic amines) is 2. The maximum absolute atomic E-state index is 11.6. The maximum Gasteiger partial charge on any atom is 0.244 e. The van der Waals surface area contributed by atoms with E-state index in [9.17, 15) is 4.79 Å². The van der Waals surface area contributed by atoms with Crippen molar-refractivity contribution in [3.8, 4) is 11.4 Å². The minimum Gasteiger partial charge on any atom is -0.378 e. The van der Waals surface area contributed by atoms with Crippen molar-refractivity contribution < 1.29 is 14.1 Å². The molecule has 3 aliphatic rings. The molecule has 0 spiro atoms. The Kier molecular flexibility index (Phi) is 5.87. The molecule has 1 amide bonds. The Morgan fingerprint density at radius 3 is 2.58 bits per heavy atom. The zero-order valence-corrected chi connectivity index (χ0v) is 18.1. The zero-order chi connectivity index (χ0) is 21.2. The molecule has 5 heterocycles. The summed E-state index contributed by atoms with van der Waals surface area (Å²) in [6.45, 7) is 7.57. The van der Waals surface area contributed by atoms with Crippen LogP contribution in [0, 0.1) is 0 Å². The van der Waals surface area contributed by atoms with Gasteiger partial charge < -0.3 is 19.1 Å². The Labute approximate surface area is 182 Å². The number of piperidine rings is 1. The largest absolute Gasteiger partial charge is 0.378 e. The van der Waals surface area contributed by atoms with Gasteiger partial charge in [-0.05, 0) is 44.4 Å². The van der Waals surface area contributed by atoms with E-state index in [2.05, 4.69) is 19.9 Å². The van der Waals surface area contributed by atoms with Crippen LogP contribution in [0.1, 0.15) is 44.5 Å². The fourth-order valence-corrected chi connectivity index (χ4v) is 4.99. The number of rotatable bonds is 4. The van der Waals surface area contributed by atoms with Crippen LogP contribution in [0.2, 0.25) is 0 Å². The van der Waals surface area contributed by atoms with Crippen LogP contribution < -0.4 is 4.90 Å². The Morgan fingerprint density at radius 2 is 1.87 bits per heavy atom. The molecule has 0 saturated carbocycles. The van der Waals surface area contributed by atoms with Gasteiger partial charge in [0.2, 0.25) is 17.6 Å². The van der Waals surface area contributed by atoms with Crippen LogP contribution in [0.4, 0.5) is 5.82 Å². The van der Waals surface area contributed by atoms with Gasteiger partial charge in [-0.3, -0.25) is 9.69 Å². The topological polar surface area (TPSA) is 87.8 Å². The Hall–Kier alpha value is -2.52. The Balaban J connectivity index is 1.26. The van der Waals surface area contributed by atoms with E-state index in [0.29, 0.717) is 17.8 Å². The van der Waals surface area contributed by atoms with Crippen molar-refractivity contribution in [3.63, 3.8) is 0 Å². The van der Waals surface area contributed by atoms with Gasteiger partial charge in [0, 0.05) is 50.9 Å². The molecule has 0 N–H and O–H groups in total. The van der Waals surface area contributed by atoms with Crippen LogP contribution in [-0.2, 0) is 9.53 Å². The molecule has 2 aromatic rings. The van der Waals surface area contributed by atoms with Crippen LogP contribution in [-0.4, -0.2) is 82.8 Å². The first-order chi connectivity index (χ1) is 15.2. The average Bonchev–Trinajstić information content (AvgIpc) is 3.50. The summed E-state index contributed by atoms with van der Waals surface area (Å²) in [7, 11) is 0. The molecule has 3 fully saturated rings. The summed E-state index contributed by atoms with van der Waals surface area (Å²) < 4.78 is 11.1. The van der Waals surface area contributed by atoms with E-state index in [4.69, 9.17) is 14.2 Å². The number of amides is 1. The third kappa shape index (κ3) is 4.29. The molecule has 0 bridgehead atoms. The van der Waals surface area contributed by atoms with E-state index in [-0.39, 0.29) is 11.9 Å². The highest BCUT2D eigenvalue weighted by Gasteiger charge is 2.37. The summed E-state index contributed by atoms with van der Waals surface area (Å²) in [5, 5.41) is 4.25. The normalized spacial score (nSPS) is 23.5. The van der Waals surface area contributed by atoms with Gasteiger partial charge in [-0.15, -0.1) is 0 Å². The molecular formula is C22H30N6O3. The second kappa shape index (κ2) is 8.92. The van der Waals surface area contributed by atoms with E-state index in [1.165, 1.54) is 0 Å². The number of hydrogen-bond acceptors (Lipinski definition) is 8. The lowest BCUT2D eigenvalue weighted by molar-refractivity contribution is -0.130. The van der Waals surface area contributed by atoms with Gasteiger partial charge in [-0.2, -0.15) is 4.98 Å². The maximum atomic E-state index is 11.6. The van der Waals surface area contributed by atoms with Crippen LogP contribution in [0.15, 0.2) is 22.9 Å². The lowest BCUT2D eigenvalue weighted by Crippen LogP contribution is -2.46. The lowest BCUT2D eigenvalue weighted by atomic mass is 10.0. The number of morpholine rings is 1. The Bertz CT molecular complexity index is 887. The first kappa shape index (κ1) is 20.4. The van der Waals surface area contributed by atoms with Crippen LogP contribution in [0.25, 0.3) is 11.4 Å². The third-order valence-electron chi connectivity index (χ3n) is 6.74. The molecule has 0 aliphatic carbocycles. The highest BCUT2D eigenvalue weighted by molar-refractivity contribution is 5.73.